The molecule has 8 heteroatoms. The lowest BCUT2D eigenvalue weighted by Crippen LogP contribution is -2.29. The Labute approximate surface area is 182 Å². The van der Waals surface area contributed by atoms with Crippen LogP contribution >= 0.6 is 0 Å². The zero-order chi connectivity index (χ0) is 23.0. The molecule has 1 saturated heterocycles. The Morgan fingerprint density at radius 2 is 1.62 bits per heavy atom. The Morgan fingerprint density at radius 3 is 2.22 bits per heavy atom. The molecule has 32 heavy (non-hydrogen) atoms. The monoisotopic (exact) mass is 432 g/mol. The number of amides is 1. The molecule has 7 nitrogen and oxygen atoms in total. The number of non-ortho nitro benzene ring substituents is 1. The third kappa shape index (κ3) is 3.51. The van der Waals surface area contributed by atoms with Crippen molar-refractivity contribution in [3.63, 3.8) is 0 Å². The summed E-state index contributed by atoms with van der Waals surface area (Å²) in [6.07, 6.45) is 0. The minimum absolute atomic E-state index is 0.0377. The van der Waals surface area contributed by atoms with Gasteiger partial charge in [0.05, 0.1) is 16.5 Å². The molecule has 0 radical (unpaired) electrons. The van der Waals surface area contributed by atoms with Crippen LogP contribution in [-0.2, 0) is 9.59 Å². The van der Waals surface area contributed by atoms with Crippen molar-refractivity contribution < 1.29 is 24.0 Å². The first kappa shape index (κ1) is 20.9. The molecule has 1 unspecified atom stereocenters. The molecule has 0 saturated carbocycles. The van der Waals surface area contributed by atoms with E-state index in [0.29, 0.717) is 5.69 Å². The minimum atomic E-state index is -1.21. The maximum Gasteiger partial charge on any atom is 0.300 e. The van der Waals surface area contributed by atoms with Crippen molar-refractivity contribution in [2.24, 2.45) is 0 Å². The second-order valence-electron chi connectivity index (χ2n) is 7.33. The predicted molar refractivity (Wildman–Crippen MR) is 115 cm³/mol. The number of hydrogen-bond acceptors (Lipinski definition) is 5. The number of nitro groups is 1. The van der Waals surface area contributed by atoms with Crippen LogP contribution in [0.1, 0.15) is 22.7 Å². The van der Waals surface area contributed by atoms with E-state index in [2.05, 4.69) is 0 Å². The fourth-order valence-electron chi connectivity index (χ4n) is 3.69. The summed E-state index contributed by atoms with van der Waals surface area (Å²) in [4.78, 5) is 37.5. The Kier molecular flexibility index (Phi) is 5.28. The van der Waals surface area contributed by atoms with Gasteiger partial charge in [-0.3, -0.25) is 24.6 Å². The Hall–Kier alpha value is -4.33. The van der Waals surface area contributed by atoms with Crippen LogP contribution in [0.3, 0.4) is 0 Å². The van der Waals surface area contributed by atoms with Gasteiger partial charge >= 0.3 is 0 Å². The van der Waals surface area contributed by atoms with Gasteiger partial charge in [0, 0.05) is 28.9 Å². The van der Waals surface area contributed by atoms with Crippen LogP contribution < -0.4 is 4.90 Å². The molecule has 1 N–H and O–H groups in total. The topological polar surface area (TPSA) is 101 Å². The molecule has 0 aliphatic carbocycles. The number of anilines is 1. The van der Waals surface area contributed by atoms with Crippen molar-refractivity contribution in [1.29, 1.82) is 0 Å². The molecule has 0 bridgehead atoms. The van der Waals surface area contributed by atoms with E-state index in [-0.39, 0.29) is 22.4 Å². The van der Waals surface area contributed by atoms with Gasteiger partial charge in [0.1, 0.15) is 11.6 Å². The number of aliphatic hydroxyl groups is 1. The minimum Gasteiger partial charge on any atom is -0.507 e. The van der Waals surface area contributed by atoms with E-state index in [0.717, 1.165) is 10.5 Å². The number of benzene rings is 3. The number of Topliss-reactive ketones (excluding diaryl/α,β-unsaturated/α-hetero) is 1. The van der Waals surface area contributed by atoms with Gasteiger partial charge in [-0.25, -0.2) is 4.39 Å². The van der Waals surface area contributed by atoms with Gasteiger partial charge in [-0.15, -0.1) is 0 Å². The van der Waals surface area contributed by atoms with Gasteiger partial charge in [-0.2, -0.15) is 0 Å². The van der Waals surface area contributed by atoms with Crippen molar-refractivity contribution >= 4 is 28.8 Å². The maximum atomic E-state index is 14.8. The van der Waals surface area contributed by atoms with Crippen LogP contribution in [0, 0.1) is 22.9 Å². The maximum absolute atomic E-state index is 14.8. The summed E-state index contributed by atoms with van der Waals surface area (Å²) in [7, 11) is 0. The molecule has 1 aliphatic heterocycles. The van der Waals surface area contributed by atoms with Crippen molar-refractivity contribution in [3.05, 3.63) is 111 Å². The highest BCUT2D eigenvalue weighted by Crippen LogP contribution is 2.43. The van der Waals surface area contributed by atoms with E-state index < -0.39 is 34.2 Å². The van der Waals surface area contributed by atoms with E-state index in [1.54, 1.807) is 30.3 Å². The number of rotatable bonds is 4. The third-order valence-electron chi connectivity index (χ3n) is 5.31. The normalized spacial score (nSPS) is 17.6. The Balaban J connectivity index is 1.93. The number of nitrogens with zero attached hydrogens (tertiary/aromatic N) is 2. The number of halogens is 1. The highest BCUT2D eigenvalue weighted by Gasteiger charge is 2.47. The number of aliphatic hydroxyl groups excluding tert-OH is 1. The first-order valence-electron chi connectivity index (χ1n) is 9.66. The van der Waals surface area contributed by atoms with E-state index >= 15 is 0 Å². The van der Waals surface area contributed by atoms with Crippen molar-refractivity contribution in [3.8, 4) is 0 Å². The molecule has 0 spiro atoms. The lowest BCUT2D eigenvalue weighted by molar-refractivity contribution is -0.384. The lowest BCUT2D eigenvalue weighted by atomic mass is 9.94. The quantitative estimate of drug-likeness (QED) is 0.212. The molecule has 1 heterocycles. The second kappa shape index (κ2) is 8.07. The molecule has 160 valence electrons. The number of aryl methyl sites for hydroxylation is 1. The third-order valence-corrected chi connectivity index (χ3v) is 5.31. The first-order valence-corrected chi connectivity index (χ1v) is 9.66. The highest BCUT2D eigenvalue weighted by molar-refractivity contribution is 6.51. The highest BCUT2D eigenvalue weighted by atomic mass is 19.1. The SMILES string of the molecule is Cc1ccc(N2C(=O)C(=O)/C(=C(\O)c3ccc([N+](=O)[O-])cc3)C2c2ccccc2F)cc1. The summed E-state index contributed by atoms with van der Waals surface area (Å²) in [6.45, 7) is 1.86. The zero-order valence-corrected chi connectivity index (χ0v) is 16.9. The van der Waals surface area contributed by atoms with E-state index in [1.165, 1.54) is 42.5 Å². The fraction of sp³-hybridized carbons (Fsp3) is 0.0833. The summed E-state index contributed by atoms with van der Waals surface area (Å²) in [5.74, 6) is -3.08. The summed E-state index contributed by atoms with van der Waals surface area (Å²) < 4.78 is 14.8. The number of ketones is 1. The molecule has 1 atom stereocenters. The average molecular weight is 432 g/mol. The van der Waals surface area contributed by atoms with Gasteiger partial charge in [0.25, 0.3) is 17.4 Å². The number of hydrogen-bond donors (Lipinski definition) is 1. The van der Waals surface area contributed by atoms with Gasteiger partial charge in [0.15, 0.2) is 0 Å². The summed E-state index contributed by atoms with van der Waals surface area (Å²) in [5, 5.41) is 21.9. The van der Waals surface area contributed by atoms with Crippen LogP contribution in [0.4, 0.5) is 15.8 Å². The van der Waals surface area contributed by atoms with Crippen LogP contribution in [0.15, 0.2) is 78.4 Å². The van der Waals surface area contributed by atoms with E-state index in [4.69, 9.17) is 0 Å². The van der Waals surface area contributed by atoms with Crippen molar-refractivity contribution in [2.45, 2.75) is 13.0 Å². The van der Waals surface area contributed by atoms with Crippen molar-refractivity contribution in [1.82, 2.24) is 0 Å². The molecule has 1 fully saturated rings. The zero-order valence-electron chi connectivity index (χ0n) is 16.9. The van der Waals surface area contributed by atoms with Gasteiger partial charge < -0.3 is 5.11 Å². The van der Waals surface area contributed by atoms with E-state index in [9.17, 15) is 29.2 Å². The molecule has 3 aromatic carbocycles. The van der Waals surface area contributed by atoms with Gasteiger partial charge in [-0.05, 0) is 37.3 Å². The van der Waals surface area contributed by atoms with Crippen LogP contribution in [0.5, 0.6) is 0 Å². The van der Waals surface area contributed by atoms with Gasteiger partial charge in [-0.1, -0.05) is 35.9 Å². The molecule has 1 amide bonds. The predicted octanol–water partition coefficient (Wildman–Crippen LogP) is 4.67. The standard InChI is InChI=1S/C24H17FN2O5/c1-14-6-10-16(11-7-14)26-21(18-4-2-3-5-19(18)25)20(23(29)24(26)30)22(28)15-8-12-17(13-9-15)27(31)32/h2-13,21,28H,1H3/b22-20-. The molecular formula is C24H17FN2O5. The molecule has 1 aliphatic rings. The van der Waals surface area contributed by atoms with Crippen molar-refractivity contribution in [2.75, 3.05) is 4.90 Å². The second-order valence-corrected chi connectivity index (χ2v) is 7.33. The summed E-state index contributed by atoms with van der Waals surface area (Å²) >= 11 is 0. The summed E-state index contributed by atoms with van der Waals surface area (Å²) in [5.41, 5.74) is 0.934. The molecule has 0 aromatic heterocycles. The summed E-state index contributed by atoms with van der Waals surface area (Å²) in [6, 6.07) is 16.1. The molecular weight excluding hydrogens is 415 g/mol. The Bertz CT molecular complexity index is 1270. The Morgan fingerprint density at radius 1 is 1.00 bits per heavy atom. The number of carbonyl (C=O) groups excluding carboxylic acids is 2. The largest absolute Gasteiger partial charge is 0.507 e. The number of carbonyl (C=O) groups is 2. The molecule has 4 rings (SSSR count). The van der Waals surface area contributed by atoms with Crippen LogP contribution in [-0.4, -0.2) is 21.7 Å². The average Bonchev–Trinajstić information content (AvgIpc) is 3.05. The van der Waals surface area contributed by atoms with Gasteiger partial charge in [0.2, 0.25) is 0 Å². The smallest absolute Gasteiger partial charge is 0.300 e. The van der Waals surface area contributed by atoms with Crippen LogP contribution in [0.25, 0.3) is 5.76 Å². The number of nitro benzene ring substituents is 1. The first-order chi connectivity index (χ1) is 15.3. The lowest BCUT2D eigenvalue weighted by Gasteiger charge is -2.25. The van der Waals surface area contributed by atoms with E-state index in [1.807, 2.05) is 6.92 Å². The fourth-order valence-corrected chi connectivity index (χ4v) is 3.69. The van der Waals surface area contributed by atoms with Crippen LogP contribution in [0.2, 0.25) is 0 Å². The molecule has 3 aromatic rings.